The zero-order chi connectivity index (χ0) is 32.4. The van der Waals surface area contributed by atoms with Crippen molar-refractivity contribution in [2.75, 3.05) is 13.1 Å². The molecule has 0 aromatic carbocycles. The van der Waals surface area contributed by atoms with Crippen LogP contribution in [0.3, 0.4) is 0 Å². The van der Waals surface area contributed by atoms with E-state index in [2.05, 4.69) is 41.5 Å². The topological polar surface area (TPSA) is 54.5 Å². The summed E-state index contributed by atoms with van der Waals surface area (Å²) in [5.74, 6) is -1.53. The molecule has 1 amide bonds. The van der Waals surface area contributed by atoms with Gasteiger partial charge in [-0.05, 0) is 110 Å². The average molecular weight is 616 g/mol. The Balaban J connectivity index is 1.51. The fourth-order valence-electron chi connectivity index (χ4n) is 11.9. The lowest BCUT2D eigenvalue weighted by atomic mass is 9.33. The third-order valence-electron chi connectivity index (χ3n) is 15.0. The van der Waals surface area contributed by atoms with E-state index in [-0.39, 0.29) is 22.5 Å². The van der Waals surface area contributed by atoms with Crippen LogP contribution in [0.25, 0.3) is 0 Å². The molecule has 10 atom stereocenters. The normalized spacial score (nSPS) is 48.0. The third kappa shape index (κ3) is 4.04. The van der Waals surface area contributed by atoms with Crippen molar-refractivity contribution in [3.8, 4) is 0 Å². The van der Waals surface area contributed by atoms with Crippen molar-refractivity contribution in [1.82, 2.24) is 4.90 Å². The summed E-state index contributed by atoms with van der Waals surface area (Å²) in [6, 6.07) is 0. The molecule has 0 spiro atoms. The van der Waals surface area contributed by atoms with E-state index < -0.39 is 51.5 Å². The Hall–Kier alpha value is -1.92. The number of hydrogen-bond acceptors (Lipinski definition) is 3. The Morgan fingerprint density at radius 1 is 0.886 bits per heavy atom. The van der Waals surface area contributed by atoms with Crippen molar-refractivity contribution in [2.45, 2.75) is 113 Å². The molecule has 0 radical (unpaired) electrons. The molecule has 0 unspecified atom stereocenters. The lowest BCUT2D eigenvalue weighted by Crippen LogP contribution is -2.68. The van der Waals surface area contributed by atoms with Crippen LogP contribution in [0.5, 0.6) is 0 Å². The van der Waals surface area contributed by atoms with Crippen LogP contribution in [0.2, 0.25) is 0 Å². The Labute approximate surface area is 261 Å². The molecule has 0 aromatic heterocycles. The largest absolute Gasteiger partial charge is 0.419 e. The number of carbonyl (C=O) groups excluding carboxylic acids is 3. The van der Waals surface area contributed by atoms with Gasteiger partial charge in [-0.2, -0.15) is 13.2 Å². The molecule has 5 aliphatic carbocycles. The maximum atomic E-state index is 14.8. The van der Waals surface area contributed by atoms with Crippen molar-refractivity contribution in [3.63, 3.8) is 0 Å². The van der Waals surface area contributed by atoms with Gasteiger partial charge in [0.1, 0.15) is 5.41 Å². The van der Waals surface area contributed by atoms with Crippen LogP contribution in [0.1, 0.15) is 107 Å². The highest BCUT2D eigenvalue weighted by atomic mass is 19.4. The summed E-state index contributed by atoms with van der Waals surface area (Å²) in [5.41, 5.74) is -4.05. The minimum Gasteiger partial charge on any atom is -0.342 e. The standard InChI is InChI=1S/C37H52F3NO3/c1-21-11-17-41(18-12-21)31(44)36(8)27-10-14-35(7)29(33(27,5)20-25(30(36)43)37(38,39)40)26(42)19-24-28-23(3)22(2)9-13-32(28,4)15-16-34(24,35)6/h19-23,27-29H,9-18H2,1-8H3/t22-,23+,27-,28+,29-,32-,33+,34-,35-,36-/m1/s1. The lowest BCUT2D eigenvalue weighted by molar-refractivity contribution is -0.185. The summed E-state index contributed by atoms with van der Waals surface area (Å²) < 4.78 is 44.3. The molecule has 6 rings (SSSR count). The number of fused-ring (bicyclic) bond motifs is 7. The van der Waals surface area contributed by atoms with Gasteiger partial charge in [-0.1, -0.05) is 60.1 Å². The number of likely N-dealkylation sites (tertiary alicyclic amines) is 1. The summed E-state index contributed by atoms with van der Waals surface area (Å²) in [6.45, 7) is 17.6. The predicted octanol–water partition coefficient (Wildman–Crippen LogP) is 8.36. The molecule has 0 N–H and O–H groups in total. The van der Waals surface area contributed by atoms with Crippen LogP contribution in [-0.2, 0) is 14.4 Å². The molecule has 0 bridgehead atoms. The number of halogens is 3. The molecule has 0 aromatic rings. The van der Waals surface area contributed by atoms with Gasteiger partial charge in [0.2, 0.25) is 5.91 Å². The van der Waals surface area contributed by atoms with Crippen LogP contribution in [0.4, 0.5) is 13.2 Å². The van der Waals surface area contributed by atoms with Gasteiger partial charge < -0.3 is 4.90 Å². The van der Waals surface area contributed by atoms with Gasteiger partial charge in [0.25, 0.3) is 0 Å². The number of carbonyl (C=O) groups is 3. The fraction of sp³-hybridized carbons (Fsp3) is 0.811. The first-order valence-electron chi connectivity index (χ1n) is 17.2. The first-order chi connectivity index (χ1) is 20.3. The third-order valence-corrected chi connectivity index (χ3v) is 15.0. The van der Waals surface area contributed by atoms with E-state index in [0.29, 0.717) is 43.7 Å². The molecule has 3 saturated carbocycles. The summed E-state index contributed by atoms with van der Waals surface area (Å²) >= 11 is 0. The van der Waals surface area contributed by atoms with E-state index >= 15 is 0 Å². The zero-order valence-electron chi connectivity index (χ0n) is 28.0. The number of alkyl halides is 3. The maximum Gasteiger partial charge on any atom is 0.419 e. The van der Waals surface area contributed by atoms with Gasteiger partial charge in [0.05, 0.1) is 5.57 Å². The molecule has 6 aliphatic rings. The monoisotopic (exact) mass is 615 g/mol. The van der Waals surface area contributed by atoms with Gasteiger partial charge in [-0.25, -0.2) is 0 Å². The van der Waals surface area contributed by atoms with E-state index in [9.17, 15) is 27.6 Å². The molecule has 4 nitrogen and oxygen atoms in total. The summed E-state index contributed by atoms with van der Waals surface area (Å²) in [6.07, 6.45) is 4.83. The quantitative estimate of drug-likeness (QED) is 0.279. The second-order valence-corrected chi connectivity index (χ2v) is 17.2. The second kappa shape index (κ2) is 9.80. The van der Waals surface area contributed by atoms with Crippen molar-refractivity contribution < 1.29 is 27.6 Å². The number of ketones is 2. The van der Waals surface area contributed by atoms with Crippen LogP contribution in [-0.4, -0.2) is 41.6 Å². The highest BCUT2D eigenvalue weighted by Gasteiger charge is 2.73. The number of rotatable bonds is 1. The van der Waals surface area contributed by atoms with Gasteiger partial charge >= 0.3 is 6.18 Å². The van der Waals surface area contributed by atoms with Gasteiger partial charge in [0, 0.05) is 24.4 Å². The minimum atomic E-state index is -4.92. The number of Topliss-reactive ketones (excluding diaryl/α,β-unsaturated/α-hetero) is 1. The molecule has 1 heterocycles. The second-order valence-electron chi connectivity index (χ2n) is 17.2. The molecule has 7 heteroatoms. The molecule has 1 saturated heterocycles. The van der Waals surface area contributed by atoms with Gasteiger partial charge in [0.15, 0.2) is 11.6 Å². The van der Waals surface area contributed by atoms with Gasteiger partial charge in [-0.3, -0.25) is 14.4 Å². The highest BCUT2D eigenvalue weighted by molar-refractivity contribution is 6.15. The number of nitrogens with zero attached hydrogens (tertiary/aromatic N) is 1. The first kappa shape index (κ1) is 32.0. The average Bonchev–Trinajstić information content (AvgIpc) is 2.93. The molecule has 44 heavy (non-hydrogen) atoms. The number of hydrogen-bond donors (Lipinski definition) is 0. The van der Waals surface area contributed by atoms with Crippen molar-refractivity contribution >= 4 is 17.5 Å². The van der Waals surface area contributed by atoms with Crippen LogP contribution < -0.4 is 0 Å². The van der Waals surface area contributed by atoms with Crippen LogP contribution >= 0.6 is 0 Å². The van der Waals surface area contributed by atoms with Crippen LogP contribution in [0.15, 0.2) is 23.3 Å². The predicted molar refractivity (Wildman–Crippen MR) is 164 cm³/mol. The number of amides is 1. The van der Waals surface area contributed by atoms with Gasteiger partial charge in [-0.15, -0.1) is 0 Å². The first-order valence-corrected chi connectivity index (χ1v) is 17.2. The number of piperidine rings is 1. The van der Waals surface area contributed by atoms with E-state index in [0.717, 1.165) is 38.2 Å². The molecular weight excluding hydrogens is 563 g/mol. The molecular formula is C37H52F3NO3. The Kier molecular flexibility index (Phi) is 7.13. The molecule has 4 fully saturated rings. The van der Waals surface area contributed by atoms with Crippen molar-refractivity contribution in [1.29, 1.82) is 0 Å². The molecule has 1 aliphatic heterocycles. The van der Waals surface area contributed by atoms with Crippen molar-refractivity contribution in [3.05, 3.63) is 23.3 Å². The summed E-state index contributed by atoms with van der Waals surface area (Å²) in [5, 5.41) is 0. The smallest absolute Gasteiger partial charge is 0.342 e. The summed E-state index contributed by atoms with van der Waals surface area (Å²) in [4.78, 5) is 44.6. The van der Waals surface area contributed by atoms with Crippen molar-refractivity contribution in [2.24, 2.45) is 62.6 Å². The lowest BCUT2D eigenvalue weighted by Gasteiger charge is -2.69. The number of allylic oxidation sites excluding steroid dienone is 4. The Morgan fingerprint density at radius 3 is 2.14 bits per heavy atom. The fourth-order valence-corrected chi connectivity index (χ4v) is 11.9. The maximum absolute atomic E-state index is 14.8. The minimum absolute atomic E-state index is 0.111. The Bertz CT molecular complexity index is 1340. The zero-order valence-corrected chi connectivity index (χ0v) is 28.0. The highest BCUT2D eigenvalue weighted by Crippen LogP contribution is 2.75. The van der Waals surface area contributed by atoms with Crippen LogP contribution in [0, 0.1) is 62.6 Å². The van der Waals surface area contributed by atoms with E-state index in [4.69, 9.17) is 0 Å². The molecule has 244 valence electrons. The SMILES string of the molecule is CC1CCN(C(=O)[C@@]2(C)C(=O)C(C(F)(F)F)=C[C@]3(C)[C@H]4C(=O)C=C5[C@@H]6[C@@H](C)[C@H](C)CC[C@]6(C)CC[C@@]5(C)[C@]4(C)CC[C@@H]23)CC1. The summed E-state index contributed by atoms with van der Waals surface area (Å²) in [7, 11) is 0. The van der Waals surface area contributed by atoms with E-state index in [1.54, 1.807) is 11.8 Å². The van der Waals surface area contributed by atoms with E-state index in [1.165, 1.54) is 18.9 Å². The Morgan fingerprint density at radius 2 is 1.52 bits per heavy atom. The van der Waals surface area contributed by atoms with E-state index in [1.807, 2.05) is 6.08 Å².